The third-order valence-corrected chi connectivity index (χ3v) is 2.69. The van der Waals surface area contributed by atoms with E-state index < -0.39 is 17.8 Å². The van der Waals surface area contributed by atoms with Crippen LogP contribution >= 0.6 is 11.6 Å². The first-order chi connectivity index (χ1) is 7.93. The van der Waals surface area contributed by atoms with Crippen molar-refractivity contribution in [2.45, 2.75) is 31.5 Å². The minimum atomic E-state index is -4.31. The fourth-order valence-electron chi connectivity index (χ4n) is 1.52. The van der Waals surface area contributed by atoms with E-state index in [4.69, 9.17) is 11.6 Å². The molecule has 0 radical (unpaired) electrons. The van der Waals surface area contributed by atoms with E-state index in [0.717, 1.165) is 12.1 Å². The van der Waals surface area contributed by atoms with E-state index in [9.17, 15) is 18.3 Å². The topological polar surface area (TPSA) is 20.2 Å². The SMILES string of the molecule is OC(CCCCl)Cc1ccc(C(F)(F)F)cc1. The Balaban J connectivity index is 2.56. The molecule has 0 bridgehead atoms. The van der Waals surface area contributed by atoms with Crippen LogP contribution in [-0.4, -0.2) is 17.1 Å². The van der Waals surface area contributed by atoms with Crippen LogP contribution < -0.4 is 0 Å². The predicted molar refractivity (Wildman–Crippen MR) is 61.1 cm³/mol. The molecule has 0 saturated heterocycles. The molecule has 1 rings (SSSR count). The van der Waals surface area contributed by atoms with Crippen LogP contribution in [0.15, 0.2) is 24.3 Å². The monoisotopic (exact) mass is 266 g/mol. The molecule has 1 unspecified atom stereocenters. The average molecular weight is 267 g/mol. The first-order valence-corrected chi connectivity index (χ1v) is 5.87. The van der Waals surface area contributed by atoms with Crippen molar-refractivity contribution in [2.75, 3.05) is 5.88 Å². The maximum Gasteiger partial charge on any atom is 0.416 e. The Morgan fingerprint density at radius 2 is 1.76 bits per heavy atom. The maximum atomic E-state index is 12.3. The molecule has 1 aromatic carbocycles. The van der Waals surface area contributed by atoms with E-state index in [0.29, 0.717) is 30.7 Å². The third-order valence-electron chi connectivity index (χ3n) is 2.42. The lowest BCUT2D eigenvalue weighted by Crippen LogP contribution is -2.11. The molecule has 0 aliphatic heterocycles. The summed E-state index contributed by atoms with van der Waals surface area (Å²) in [5.41, 5.74) is 0.0246. The van der Waals surface area contributed by atoms with Gasteiger partial charge in [-0.25, -0.2) is 0 Å². The average Bonchev–Trinajstić information content (AvgIpc) is 2.26. The Bertz CT molecular complexity index is 335. The molecule has 0 aliphatic rings. The highest BCUT2D eigenvalue weighted by molar-refractivity contribution is 6.17. The second-order valence-corrected chi connectivity index (χ2v) is 4.26. The van der Waals surface area contributed by atoms with Gasteiger partial charge < -0.3 is 5.11 Å². The number of aliphatic hydroxyl groups excluding tert-OH is 1. The van der Waals surface area contributed by atoms with Gasteiger partial charge in [-0.15, -0.1) is 11.6 Å². The van der Waals surface area contributed by atoms with Crippen LogP contribution in [0.4, 0.5) is 13.2 Å². The molecule has 0 aliphatic carbocycles. The molecule has 0 spiro atoms. The van der Waals surface area contributed by atoms with Crippen LogP contribution in [0.1, 0.15) is 24.0 Å². The van der Waals surface area contributed by atoms with Crippen molar-refractivity contribution in [1.29, 1.82) is 0 Å². The van der Waals surface area contributed by atoms with Crippen molar-refractivity contribution < 1.29 is 18.3 Å². The lowest BCUT2D eigenvalue weighted by molar-refractivity contribution is -0.137. The maximum absolute atomic E-state index is 12.3. The van der Waals surface area contributed by atoms with Crippen LogP contribution in [0.3, 0.4) is 0 Å². The molecule has 0 fully saturated rings. The van der Waals surface area contributed by atoms with Gasteiger partial charge in [0.05, 0.1) is 11.7 Å². The minimum absolute atomic E-state index is 0.356. The summed E-state index contributed by atoms with van der Waals surface area (Å²) in [7, 11) is 0. The van der Waals surface area contributed by atoms with Crippen molar-refractivity contribution in [3.05, 3.63) is 35.4 Å². The summed E-state index contributed by atoms with van der Waals surface area (Å²) in [6, 6.07) is 4.85. The molecule has 0 heterocycles. The zero-order valence-corrected chi connectivity index (χ0v) is 9.93. The number of rotatable bonds is 5. The summed E-state index contributed by atoms with van der Waals surface area (Å²) in [6.07, 6.45) is -3.25. The molecular formula is C12H14ClF3O. The second-order valence-electron chi connectivity index (χ2n) is 3.88. The summed E-state index contributed by atoms with van der Waals surface area (Å²) in [5.74, 6) is 0.476. The Kier molecular flexibility index (Phi) is 5.28. The van der Waals surface area contributed by atoms with Gasteiger partial charge in [-0.2, -0.15) is 13.2 Å². The number of hydrogen-bond donors (Lipinski definition) is 1. The molecule has 17 heavy (non-hydrogen) atoms. The van der Waals surface area contributed by atoms with E-state index in [1.165, 1.54) is 12.1 Å². The third kappa shape index (κ3) is 4.96. The first kappa shape index (κ1) is 14.3. The quantitative estimate of drug-likeness (QED) is 0.807. The summed E-state index contributed by atoms with van der Waals surface area (Å²) in [4.78, 5) is 0. The number of halogens is 4. The molecule has 1 nitrogen and oxygen atoms in total. The van der Waals surface area contributed by atoms with Crippen molar-refractivity contribution in [3.8, 4) is 0 Å². The predicted octanol–water partition coefficient (Wildman–Crippen LogP) is 3.63. The molecule has 1 N–H and O–H groups in total. The van der Waals surface area contributed by atoms with Crippen molar-refractivity contribution in [3.63, 3.8) is 0 Å². The molecule has 96 valence electrons. The fraction of sp³-hybridized carbons (Fsp3) is 0.500. The second kappa shape index (κ2) is 6.26. The molecule has 0 saturated carbocycles. The number of aliphatic hydroxyl groups is 1. The summed E-state index contributed by atoms with van der Waals surface area (Å²) in [6.45, 7) is 0. The first-order valence-electron chi connectivity index (χ1n) is 5.33. The Hall–Kier alpha value is -0.740. The largest absolute Gasteiger partial charge is 0.416 e. The van der Waals surface area contributed by atoms with Gasteiger partial charge in [0.1, 0.15) is 0 Å². The summed E-state index contributed by atoms with van der Waals surface area (Å²) in [5, 5.41) is 9.58. The summed E-state index contributed by atoms with van der Waals surface area (Å²) >= 11 is 5.48. The zero-order valence-electron chi connectivity index (χ0n) is 9.17. The molecule has 5 heteroatoms. The van der Waals surface area contributed by atoms with E-state index in [1.54, 1.807) is 0 Å². The molecular weight excluding hydrogens is 253 g/mol. The number of benzene rings is 1. The summed E-state index contributed by atoms with van der Waals surface area (Å²) < 4.78 is 36.9. The van der Waals surface area contributed by atoms with Crippen LogP contribution in [0.5, 0.6) is 0 Å². The lowest BCUT2D eigenvalue weighted by atomic mass is 10.0. The van der Waals surface area contributed by atoms with E-state index in [1.807, 2.05) is 0 Å². The molecule has 1 aromatic rings. The molecule has 1 atom stereocenters. The van der Waals surface area contributed by atoms with Gasteiger partial charge in [-0.05, 0) is 37.0 Å². The van der Waals surface area contributed by atoms with Crippen LogP contribution in [0.25, 0.3) is 0 Å². The zero-order chi connectivity index (χ0) is 12.9. The smallest absolute Gasteiger partial charge is 0.393 e. The van der Waals surface area contributed by atoms with Crippen molar-refractivity contribution in [2.24, 2.45) is 0 Å². The van der Waals surface area contributed by atoms with E-state index in [2.05, 4.69) is 0 Å². The lowest BCUT2D eigenvalue weighted by Gasteiger charge is -2.11. The normalized spacial score (nSPS) is 13.7. The van der Waals surface area contributed by atoms with Crippen molar-refractivity contribution >= 4 is 11.6 Å². The molecule has 0 aromatic heterocycles. The minimum Gasteiger partial charge on any atom is -0.393 e. The van der Waals surface area contributed by atoms with Gasteiger partial charge in [-0.1, -0.05) is 12.1 Å². The Morgan fingerprint density at radius 3 is 2.24 bits per heavy atom. The molecule has 0 amide bonds. The standard InChI is InChI=1S/C12H14ClF3O/c13-7-1-2-11(17)8-9-3-5-10(6-4-9)12(14,15)16/h3-6,11,17H,1-2,7-8H2. The highest BCUT2D eigenvalue weighted by Crippen LogP contribution is 2.29. The highest BCUT2D eigenvalue weighted by atomic mass is 35.5. The van der Waals surface area contributed by atoms with Crippen LogP contribution in [0, 0.1) is 0 Å². The van der Waals surface area contributed by atoms with E-state index >= 15 is 0 Å². The van der Waals surface area contributed by atoms with Gasteiger partial charge in [0.15, 0.2) is 0 Å². The number of hydrogen-bond acceptors (Lipinski definition) is 1. The van der Waals surface area contributed by atoms with Crippen molar-refractivity contribution in [1.82, 2.24) is 0 Å². The fourth-order valence-corrected chi connectivity index (χ4v) is 1.67. The Morgan fingerprint density at radius 1 is 1.18 bits per heavy atom. The van der Waals surface area contributed by atoms with E-state index in [-0.39, 0.29) is 0 Å². The van der Waals surface area contributed by atoms with Gasteiger partial charge in [-0.3, -0.25) is 0 Å². The van der Waals surface area contributed by atoms with Gasteiger partial charge in [0.25, 0.3) is 0 Å². The number of alkyl halides is 4. The van der Waals surface area contributed by atoms with Gasteiger partial charge in [0.2, 0.25) is 0 Å². The van der Waals surface area contributed by atoms with Crippen LogP contribution in [0.2, 0.25) is 0 Å². The van der Waals surface area contributed by atoms with Crippen LogP contribution in [-0.2, 0) is 12.6 Å². The highest BCUT2D eigenvalue weighted by Gasteiger charge is 2.29. The Labute approximate surface area is 103 Å². The van der Waals surface area contributed by atoms with Gasteiger partial charge in [0, 0.05) is 5.88 Å². The van der Waals surface area contributed by atoms with Gasteiger partial charge >= 0.3 is 6.18 Å².